The van der Waals surface area contributed by atoms with Crippen molar-refractivity contribution in [3.05, 3.63) is 78.3 Å². The third-order valence-corrected chi connectivity index (χ3v) is 4.57. The van der Waals surface area contributed by atoms with Crippen LogP contribution in [-0.2, 0) is 6.54 Å². The fraction of sp³-hybridized carbons (Fsp3) is 0.100. The number of rotatable bonds is 5. The molecule has 0 fully saturated rings. The van der Waals surface area contributed by atoms with E-state index in [4.69, 9.17) is 4.52 Å². The van der Waals surface area contributed by atoms with Gasteiger partial charge in [0, 0.05) is 24.4 Å². The van der Waals surface area contributed by atoms with Gasteiger partial charge in [-0.3, -0.25) is 4.68 Å². The van der Waals surface area contributed by atoms with E-state index in [9.17, 15) is 8.78 Å². The van der Waals surface area contributed by atoms with Crippen LogP contribution in [0.3, 0.4) is 0 Å². The van der Waals surface area contributed by atoms with Crippen LogP contribution >= 0.6 is 0 Å². The van der Waals surface area contributed by atoms with E-state index in [0.717, 1.165) is 6.20 Å². The molecule has 1 aromatic carbocycles. The lowest BCUT2D eigenvalue weighted by molar-refractivity contribution is 0.421. The van der Waals surface area contributed by atoms with Gasteiger partial charge in [0.25, 0.3) is 0 Å². The molecule has 4 aromatic rings. The Morgan fingerprint density at radius 2 is 1.93 bits per heavy atom. The molecule has 0 N–H and O–H groups in total. The zero-order chi connectivity index (χ0) is 19.8. The summed E-state index contributed by atoms with van der Waals surface area (Å²) in [5, 5.41) is 8.48. The molecule has 4 heterocycles. The van der Waals surface area contributed by atoms with Crippen molar-refractivity contribution >= 4 is 5.82 Å². The monoisotopic (exact) mass is 392 g/mol. The van der Waals surface area contributed by atoms with Gasteiger partial charge in [0.15, 0.2) is 17.5 Å². The van der Waals surface area contributed by atoms with Gasteiger partial charge in [-0.25, -0.2) is 18.7 Å². The molecule has 3 aromatic heterocycles. The second-order valence-corrected chi connectivity index (χ2v) is 6.45. The van der Waals surface area contributed by atoms with Crippen LogP contribution in [0.5, 0.6) is 0 Å². The summed E-state index contributed by atoms with van der Waals surface area (Å²) in [5.74, 6) is -0.399. The third-order valence-electron chi connectivity index (χ3n) is 4.57. The molecule has 29 heavy (non-hydrogen) atoms. The van der Waals surface area contributed by atoms with E-state index in [1.54, 1.807) is 46.1 Å². The van der Waals surface area contributed by atoms with Crippen LogP contribution in [0.25, 0.3) is 22.9 Å². The number of benzene rings is 1. The van der Waals surface area contributed by atoms with Gasteiger partial charge in [-0.2, -0.15) is 5.10 Å². The molecule has 5 rings (SSSR count). The molecule has 9 heteroatoms. The Labute approximate surface area is 163 Å². The predicted octanol–water partition coefficient (Wildman–Crippen LogP) is 3.66. The molecular formula is C20H14F2N6O. The topological polar surface area (TPSA) is 72.9 Å². The smallest absolute Gasteiger partial charge is 0.184 e. The second-order valence-electron chi connectivity index (χ2n) is 6.45. The highest BCUT2D eigenvalue weighted by molar-refractivity contribution is 5.64. The normalized spacial score (nSPS) is 13.0. The summed E-state index contributed by atoms with van der Waals surface area (Å²) in [6.45, 7) is 0.761. The molecular weight excluding hydrogens is 378 g/mol. The Balaban J connectivity index is 1.58. The summed E-state index contributed by atoms with van der Waals surface area (Å²) in [6.07, 6.45) is 6.20. The maximum atomic E-state index is 14.2. The largest absolute Gasteiger partial charge is 0.364 e. The summed E-state index contributed by atoms with van der Waals surface area (Å²) in [6, 6.07) is 9.87. The van der Waals surface area contributed by atoms with Gasteiger partial charge in [-0.1, -0.05) is 23.4 Å². The number of anilines is 1. The van der Waals surface area contributed by atoms with Crippen LogP contribution in [-0.4, -0.2) is 31.4 Å². The van der Waals surface area contributed by atoms with Crippen LogP contribution in [0.4, 0.5) is 14.6 Å². The van der Waals surface area contributed by atoms with Gasteiger partial charge in [0.1, 0.15) is 23.5 Å². The van der Waals surface area contributed by atoms with Gasteiger partial charge in [0.2, 0.25) is 0 Å². The van der Waals surface area contributed by atoms with Crippen LogP contribution in [0.15, 0.2) is 65.7 Å². The summed E-state index contributed by atoms with van der Waals surface area (Å²) < 4.78 is 34.8. The number of hydrogen-bond donors (Lipinski definition) is 0. The van der Waals surface area contributed by atoms with Crippen molar-refractivity contribution in [2.45, 2.75) is 6.54 Å². The van der Waals surface area contributed by atoms with Gasteiger partial charge < -0.3 is 9.42 Å². The van der Waals surface area contributed by atoms with Gasteiger partial charge >= 0.3 is 0 Å². The molecule has 0 saturated carbocycles. The molecule has 0 amide bonds. The van der Waals surface area contributed by atoms with Gasteiger partial charge in [-0.15, -0.1) is 0 Å². The predicted molar refractivity (Wildman–Crippen MR) is 101 cm³/mol. The van der Waals surface area contributed by atoms with Crippen molar-refractivity contribution in [1.82, 2.24) is 24.9 Å². The highest BCUT2D eigenvalue weighted by Gasteiger charge is 2.20. The Bertz CT molecular complexity index is 1200. The third kappa shape index (κ3) is 3.16. The van der Waals surface area contributed by atoms with E-state index in [1.165, 1.54) is 12.3 Å². The fourth-order valence-electron chi connectivity index (χ4n) is 3.04. The van der Waals surface area contributed by atoms with Crippen molar-refractivity contribution in [3.8, 4) is 22.9 Å². The lowest BCUT2D eigenvalue weighted by atomic mass is 10.2. The Morgan fingerprint density at radius 3 is 2.66 bits per heavy atom. The Kier molecular flexibility index (Phi) is 4.12. The van der Waals surface area contributed by atoms with Crippen molar-refractivity contribution in [3.63, 3.8) is 0 Å². The van der Waals surface area contributed by atoms with Crippen LogP contribution in [0, 0.1) is 11.6 Å². The van der Waals surface area contributed by atoms with Crippen molar-refractivity contribution in [2.24, 2.45) is 0 Å². The van der Waals surface area contributed by atoms with E-state index < -0.39 is 5.82 Å². The van der Waals surface area contributed by atoms with Crippen molar-refractivity contribution in [1.29, 1.82) is 0 Å². The first kappa shape index (κ1) is 17.2. The van der Waals surface area contributed by atoms with Crippen LogP contribution in [0.2, 0.25) is 0 Å². The molecule has 1 aliphatic heterocycles. The minimum Gasteiger partial charge on any atom is -0.364 e. The van der Waals surface area contributed by atoms with Gasteiger partial charge in [-0.05, 0) is 18.2 Å². The van der Waals surface area contributed by atoms with Crippen LogP contribution < -0.4 is 4.90 Å². The van der Waals surface area contributed by atoms with E-state index >= 15 is 0 Å². The number of nitrogens with zero attached hydrogens (tertiary/aromatic N) is 6. The molecule has 0 aliphatic carbocycles. The standard InChI is InChI=1S/C20H14F2N6O/c21-14-5-2-1-4-13(14)12-28-18(16-6-9-29-26-16)10-17(25-28)19-23-11-15(22)20(24-19)27-7-3-8-27/h1-7,9-11H,8,12H2. The summed E-state index contributed by atoms with van der Waals surface area (Å²) >= 11 is 0. The van der Waals surface area contributed by atoms with Gasteiger partial charge in [0.05, 0.1) is 18.4 Å². The Hall–Kier alpha value is -3.88. The Morgan fingerprint density at radius 1 is 1.07 bits per heavy atom. The first-order valence-electron chi connectivity index (χ1n) is 8.87. The minimum absolute atomic E-state index is 0.178. The van der Waals surface area contributed by atoms with E-state index in [0.29, 0.717) is 29.2 Å². The maximum absolute atomic E-state index is 14.2. The molecule has 144 valence electrons. The molecule has 0 spiro atoms. The number of hydrogen-bond acceptors (Lipinski definition) is 6. The summed E-state index contributed by atoms with van der Waals surface area (Å²) in [4.78, 5) is 10.1. The number of aromatic nitrogens is 5. The molecule has 0 bridgehead atoms. The summed E-state index contributed by atoms with van der Waals surface area (Å²) in [7, 11) is 0. The fourth-order valence-corrected chi connectivity index (χ4v) is 3.04. The average Bonchev–Trinajstić information content (AvgIpc) is 3.34. The highest BCUT2D eigenvalue weighted by atomic mass is 19.1. The molecule has 0 unspecified atom stereocenters. The highest BCUT2D eigenvalue weighted by Crippen LogP contribution is 2.27. The maximum Gasteiger partial charge on any atom is 0.184 e. The average molecular weight is 392 g/mol. The minimum atomic E-state index is -0.513. The van der Waals surface area contributed by atoms with E-state index in [-0.39, 0.29) is 24.0 Å². The van der Waals surface area contributed by atoms with E-state index in [2.05, 4.69) is 20.2 Å². The molecule has 1 aliphatic rings. The summed E-state index contributed by atoms with van der Waals surface area (Å²) in [5.41, 5.74) is 2.03. The second kappa shape index (κ2) is 6.93. The number of halogens is 2. The SMILES string of the molecule is Fc1ccccc1Cn1nc(-c2ncc(F)c(N3C=CC3)n2)cc1-c1ccon1. The first-order valence-corrected chi connectivity index (χ1v) is 8.87. The quantitative estimate of drug-likeness (QED) is 0.516. The first-order chi connectivity index (χ1) is 14.2. The lowest BCUT2D eigenvalue weighted by Gasteiger charge is -2.24. The van der Waals surface area contributed by atoms with Crippen molar-refractivity contribution in [2.75, 3.05) is 11.4 Å². The molecule has 0 saturated heterocycles. The van der Waals surface area contributed by atoms with Crippen molar-refractivity contribution < 1.29 is 13.3 Å². The zero-order valence-electron chi connectivity index (χ0n) is 15.0. The van der Waals surface area contributed by atoms with Crippen LogP contribution in [0.1, 0.15) is 5.56 Å². The molecule has 0 radical (unpaired) electrons. The van der Waals surface area contributed by atoms with E-state index in [1.807, 2.05) is 6.08 Å². The lowest BCUT2D eigenvalue weighted by Crippen LogP contribution is -2.26. The molecule has 7 nitrogen and oxygen atoms in total. The zero-order valence-corrected chi connectivity index (χ0v) is 15.0. The molecule has 0 atom stereocenters.